The largest absolute Gasteiger partial charge is 0.298 e. The Bertz CT molecular complexity index is 1000. The number of aldehydes is 1. The minimum atomic E-state index is 0.747. The Morgan fingerprint density at radius 1 is 1.05 bits per heavy atom. The summed E-state index contributed by atoms with van der Waals surface area (Å²) in [5, 5.41) is 1.07. The highest BCUT2D eigenvalue weighted by atomic mass is 32.1. The van der Waals surface area contributed by atoms with E-state index in [-0.39, 0.29) is 0 Å². The van der Waals surface area contributed by atoms with Gasteiger partial charge in [0.15, 0.2) is 6.29 Å². The summed E-state index contributed by atoms with van der Waals surface area (Å²) in [6, 6.07) is 16.4. The van der Waals surface area contributed by atoms with Crippen molar-refractivity contribution in [3.05, 3.63) is 65.9 Å². The molecule has 0 spiro atoms. The third kappa shape index (κ3) is 1.94. The predicted octanol–water partition coefficient (Wildman–Crippen LogP) is 5.24. The van der Waals surface area contributed by atoms with Crippen molar-refractivity contribution >= 4 is 37.9 Å². The maximum Gasteiger partial charge on any atom is 0.151 e. The third-order valence-electron chi connectivity index (χ3n) is 3.84. The molecule has 0 atom stereocenters. The van der Waals surface area contributed by atoms with Gasteiger partial charge >= 0.3 is 0 Å². The van der Waals surface area contributed by atoms with Gasteiger partial charge in [-0.05, 0) is 36.2 Å². The lowest BCUT2D eigenvalue weighted by molar-refractivity contribution is 0.112. The molecule has 0 fully saturated rings. The minimum Gasteiger partial charge on any atom is -0.298 e. The SMILES string of the molecule is Cc1cc(C=O)c2sc3c(-c4ccccc4)ccnc3c2c1. The van der Waals surface area contributed by atoms with Crippen molar-refractivity contribution in [1.82, 2.24) is 4.98 Å². The molecule has 0 aliphatic heterocycles. The molecular formula is C19H13NOS. The molecule has 2 nitrogen and oxygen atoms in total. The van der Waals surface area contributed by atoms with Crippen LogP contribution in [0.4, 0.5) is 0 Å². The highest BCUT2D eigenvalue weighted by Gasteiger charge is 2.14. The zero-order chi connectivity index (χ0) is 15.1. The molecule has 2 aromatic carbocycles. The average molecular weight is 303 g/mol. The van der Waals surface area contributed by atoms with E-state index in [4.69, 9.17) is 0 Å². The molecule has 3 heteroatoms. The van der Waals surface area contributed by atoms with E-state index < -0.39 is 0 Å². The molecule has 2 heterocycles. The lowest BCUT2D eigenvalue weighted by atomic mass is 10.0. The summed E-state index contributed by atoms with van der Waals surface area (Å²) in [4.78, 5) is 16.0. The Kier molecular flexibility index (Phi) is 3.01. The van der Waals surface area contributed by atoms with Gasteiger partial charge in [0.2, 0.25) is 0 Å². The molecule has 0 amide bonds. The fourth-order valence-electron chi connectivity index (χ4n) is 2.87. The first-order chi connectivity index (χ1) is 10.8. The Morgan fingerprint density at radius 3 is 2.64 bits per heavy atom. The fraction of sp³-hybridized carbons (Fsp3) is 0.0526. The Morgan fingerprint density at radius 2 is 1.86 bits per heavy atom. The highest BCUT2D eigenvalue weighted by molar-refractivity contribution is 7.26. The summed E-state index contributed by atoms with van der Waals surface area (Å²) in [6.45, 7) is 2.01. The Balaban J connectivity index is 2.14. The van der Waals surface area contributed by atoms with E-state index in [2.05, 4.69) is 23.2 Å². The first-order valence-electron chi connectivity index (χ1n) is 7.10. The van der Waals surface area contributed by atoms with Crippen molar-refractivity contribution in [3.8, 4) is 11.1 Å². The minimum absolute atomic E-state index is 0.747. The van der Waals surface area contributed by atoms with Gasteiger partial charge < -0.3 is 0 Å². The summed E-state index contributed by atoms with van der Waals surface area (Å²) < 4.78 is 2.16. The molecule has 0 saturated heterocycles. The van der Waals surface area contributed by atoms with Crippen LogP contribution in [0.15, 0.2) is 54.7 Å². The van der Waals surface area contributed by atoms with Gasteiger partial charge in [-0.15, -0.1) is 11.3 Å². The number of carbonyl (C=O) groups is 1. The van der Waals surface area contributed by atoms with E-state index in [1.807, 2.05) is 43.5 Å². The van der Waals surface area contributed by atoms with E-state index in [0.717, 1.165) is 37.7 Å². The molecule has 2 aromatic heterocycles. The van der Waals surface area contributed by atoms with E-state index >= 15 is 0 Å². The van der Waals surface area contributed by atoms with Gasteiger partial charge in [0.25, 0.3) is 0 Å². The van der Waals surface area contributed by atoms with Crippen LogP contribution in [0.5, 0.6) is 0 Å². The second-order valence-electron chi connectivity index (χ2n) is 5.35. The standard InChI is InChI=1S/C19H13NOS/c1-12-9-14(11-21)18-16(10-12)17-19(22-18)15(7-8-20-17)13-5-3-2-4-6-13/h2-11H,1H3. The van der Waals surface area contributed by atoms with Gasteiger partial charge in [0.05, 0.1) is 10.2 Å². The van der Waals surface area contributed by atoms with Crippen LogP contribution < -0.4 is 0 Å². The van der Waals surface area contributed by atoms with Crippen LogP contribution in [0.2, 0.25) is 0 Å². The zero-order valence-corrected chi connectivity index (χ0v) is 12.9. The van der Waals surface area contributed by atoms with E-state index in [0.29, 0.717) is 0 Å². The van der Waals surface area contributed by atoms with Crippen LogP contribution in [0, 0.1) is 6.92 Å². The van der Waals surface area contributed by atoms with Gasteiger partial charge in [-0.3, -0.25) is 9.78 Å². The molecule has 0 radical (unpaired) electrons. The van der Waals surface area contributed by atoms with Crippen molar-refractivity contribution in [3.63, 3.8) is 0 Å². The van der Waals surface area contributed by atoms with Crippen molar-refractivity contribution in [2.24, 2.45) is 0 Å². The first kappa shape index (κ1) is 13.2. The van der Waals surface area contributed by atoms with Crippen molar-refractivity contribution < 1.29 is 4.79 Å². The Labute approximate surface area is 132 Å². The second kappa shape index (κ2) is 5.04. The number of nitrogens with zero attached hydrogens (tertiary/aromatic N) is 1. The molecule has 0 N–H and O–H groups in total. The van der Waals surface area contributed by atoms with Gasteiger partial charge in [-0.1, -0.05) is 30.3 Å². The second-order valence-corrected chi connectivity index (χ2v) is 6.37. The highest BCUT2D eigenvalue weighted by Crippen LogP contribution is 2.40. The molecule has 4 rings (SSSR count). The van der Waals surface area contributed by atoms with Crippen LogP contribution in [0.3, 0.4) is 0 Å². The van der Waals surface area contributed by atoms with E-state index in [1.165, 1.54) is 11.1 Å². The van der Waals surface area contributed by atoms with Gasteiger partial charge in [-0.25, -0.2) is 0 Å². The number of aromatic nitrogens is 1. The monoisotopic (exact) mass is 303 g/mol. The van der Waals surface area contributed by atoms with Crippen LogP contribution in [-0.4, -0.2) is 11.3 Å². The van der Waals surface area contributed by atoms with Gasteiger partial charge in [0, 0.05) is 27.4 Å². The summed E-state index contributed by atoms with van der Waals surface area (Å²) in [5.74, 6) is 0. The number of hydrogen-bond donors (Lipinski definition) is 0. The Hall–Kier alpha value is -2.52. The van der Waals surface area contributed by atoms with Crippen molar-refractivity contribution in [2.45, 2.75) is 6.92 Å². The molecular weight excluding hydrogens is 290 g/mol. The summed E-state index contributed by atoms with van der Waals surface area (Å²) in [6.07, 6.45) is 2.78. The van der Waals surface area contributed by atoms with Crippen LogP contribution >= 0.6 is 11.3 Å². The van der Waals surface area contributed by atoms with Crippen LogP contribution in [-0.2, 0) is 0 Å². The molecule has 0 unspecified atom stereocenters. The maximum atomic E-state index is 11.4. The number of rotatable bonds is 2. The van der Waals surface area contributed by atoms with Crippen molar-refractivity contribution in [1.29, 1.82) is 0 Å². The summed E-state index contributed by atoms with van der Waals surface area (Å²) in [7, 11) is 0. The smallest absolute Gasteiger partial charge is 0.151 e. The lowest BCUT2D eigenvalue weighted by Gasteiger charge is -2.02. The quantitative estimate of drug-likeness (QED) is 0.474. The summed E-state index contributed by atoms with van der Waals surface area (Å²) >= 11 is 1.65. The molecule has 0 bridgehead atoms. The predicted molar refractivity (Wildman–Crippen MR) is 92.7 cm³/mol. The van der Waals surface area contributed by atoms with Crippen LogP contribution in [0.1, 0.15) is 15.9 Å². The number of benzene rings is 2. The van der Waals surface area contributed by atoms with Gasteiger partial charge in [0.1, 0.15) is 0 Å². The van der Waals surface area contributed by atoms with E-state index in [1.54, 1.807) is 11.3 Å². The molecule has 106 valence electrons. The molecule has 4 aromatic rings. The molecule has 0 aliphatic carbocycles. The average Bonchev–Trinajstić information content (AvgIpc) is 2.93. The fourth-order valence-corrected chi connectivity index (χ4v) is 4.12. The molecule has 0 aliphatic rings. The van der Waals surface area contributed by atoms with Crippen molar-refractivity contribution in [2.75, 3.05) is 0 Å². The third-order valence-corrected chi connectivity index (χ3v) is 5.11. The number of aryl methyl sites for hydroxylation is 1. The lowest BCUT2D eigenvalue weighted by Crippen LogP contribution is -1.83. The van der Waals surface area contributed by atoms with Gasteiger partial charge in [-0.2, -0.15) is 0 Å². The van der Waals surface area contributed by atoms with E-state index in [9.17, 15) is 4.79 Å². The number of thiophene rings is 1. The molecule has 22 heavy (non-hydrogen) atoms. The zero-order valence-electron chi connectivity index (χ0n) is 12.0. The number of carbonyl (C=O) groups excluding carboxylic acids is 1. The maximum absolute atomic E-state index is 11.4. The number of pyridine rings is 1. The number of hydrogen-bond acceptors (Lipinski definition) is 3. The topological polar surface area (TPSA) is 30.0 Å². The summed E-state index contributed by atoms with van der Waals surface area (Å²) in [5.41, 5.74) is 5.15. The van der Waals surface area contributed by atoms with Crippen LogP contribution in [0.25, 0.3) is 31.4 Å². The number of fused-ring (bicyclic) bond motifs is 3. The normalized spacial score (nSPS) is 11.1. The first-order valence-corrected chi connectivity index (χ1v) is 7.92. The molecule has 0 saturated carbocycles.